The number of fused-ring (bicyclic) bond motifs is 1. The first kappa shape index (κ1) is 16.5. The molecule has 2 amide bonds. The predicted octanol–water partition coefficient (Wildman–Crippen LogP) is 2.13. The summed E-state index contributed by atoms with van der Waals surface area (Å²) in [6.07, 6.45) is 3.48. The first-order chi connectivity index (χ1) is 12.2. The lowest BCUT2D eigenvalue weighted by molar-refractivity contribution is 0.111. The van der Waals surface area contributed by atoms with Crippen LogP contribution in [-0.4, -0.2) is 68.1 Å². The van der Waals surface area contributed by atoms with Crippen molar-refractivity contribution in [1.82, 2.24) is 9.80 Å². The van der Waals surface area contributed by atoms with E-state index >= 15 is 0 Å². The first-order valence-corrected chi connectivity index (χ1v) is 8.96. The van der Waals surface area contributed by atoms with Crippen LogP contribution in [0.15, 0.2) is 18.2 Å². The molecule has 0 saturated carbocycles. The summed E-state index contributed by atoms with van der Waals surface area (Å²) in [6, 6.07) is 5.60. The molecule has 1 aromatic rings. The predicted molar refractivity (Wildman–Crippen MR) is 93.2 cm³/mol. The zero-order valence-electron chi connectivity index (χ0n) is 14.6. The van der Waals surface area contributed by atoms with E-state index in [0.717, 1.165) is 26.1 Å². The molecule has 3 heterocycles. The Morgan fingerprint density at radius 2 is 2.16 bits per heavy atom. The lowest BCUT2D eigenvalue weighted by Crippen LogP contribution is -2.44. The Labute approximate surface area is 147 Å². The summed E-state index contributed by atoms with van der Waals surface area (Å²) < 4.78 is 16.4. The van der Waals surface area contributed by atoms with Crippen molar-refractivity contribution in [3.05, 3.63) is 18.2 Å². The molecule has 1 aromatic carbocycles. The summed E-state index contributed by atoms with van der Waals surface area (Å²) in [5.41, 5.74) is 0.654. The van der Waals surface area contributed by atoms with Gasteiger partial charge in [-0.2, -0.15) is 0 Å². The zero-order valence-corrected chi connectivity index (χ0v) is 14.6. The number of nitrogens with zero attached hydrogens (tertiary/aromatic N) is 2. The fourth-order valence-electron chi connectivity index (χ4n) is 3.95. The van der Waals surface area contributed by atoms with Crippen molar-refractivity contribution in [3.8, 4) is 11.5 Å². The number of rotatable bonds is 4. The molecule has 0 aromatic heterocycles. The summed E-state index contributed by atoms with van der Waals surface area (Å²) in [5.74, 6) is 1.28. The molecule has 0 bridgehead atoms. The van der Waals surface area contributed by atoms with Crippen molar-refractivity contribution in [3.63, 3.8) is 0 Å². The molecule has 7 heteroatoms. The monoisotopic (exact) mass is 347 g/mol. The van der Waals surface area contributed by atoms with Gasteiger partial charge in [-0.3, -0.25) is 0 Å². The highest BCUT2D eigenvalue weighted by Gasteiger charge is 2.37. The van der Waals surface area contributed by atoms with Crippen LogP contribution in [0.1, 0.15) is 19.3 Å². The van der Waals surface area contributed by atoms with Crippen molar-refractivity contribution in [2.45, 2.75) is 31.4 Å². The van der Waals surface area contributed by atoms with Gasteiger partial charge in [-0.1, -0.05) is 6.07 Å². The maximum Gasteiger partial charge on any atom is 0.322 e. The van der Waals surface area contributed by atoms with E-state index in [4.69, 9.17) is 14.2 Å². The van der Waals surface area contributed by atoms with Gasteiger partial charge in [0.05, 0.1) is 11.8 Å². The maximum absolute atomic E-state index is 12.9. The fraction of sp³-hybridized carbons (Fsp3) is 0.611. The van der Waals surface area contributed by atoms with Crippen LogP contribution < -0.4 is 14.8 Å². The number of hydrogen-bond donors (Lipinski definition) is 1. The molecular weight excluding hydrogens is 322 g/mol. The standard InChI is InChI=1S/C18H25N3O4/c1-23-14-9-13(10-20-7-2-3-8-20)21(11-14)18(22)19-15-5-4-6-16-17(15)25-12-24-16/h4-6,13-14H,2-3,7-12H2,1H3,(H,19,22)/t13-,14-/m0/s1. The van der Waals surface area contributed by atoms with E-state index in [-0.39, 0.29) is 25.0 Å². The average Bonchev–Trinajstić information content (AvgIpc) is 3.35. The number of likely N-dealkylation sites (tertiary alicyclic amines) is 2. The topological polar surface area (TPSA) is 63.3 Å². The third kappa shape index (κ3) is 3.39. The second-order valence-corrected chi connectivity index (χ2v) is 6.88. The van der Waals surface area contributed by atoms with E-state index in [1.165, 1.54) is 12.8 Å². The van der Waals surface area contributed by atoms with Crippen LogP contribution in [0.5, 0.6) is 11.5 Å². The summed E-state index contributed by atoms with van der Waals surface area (Å²) >= 11 is 0. The summed E-state index contributed by atoms with van der Waals surface area (Å²) in [7, 11) is 1.72. The third-order valence-electron chi connectivity index (χ3n) is 5.28. The summed E-state index contributed by atoms with van der Waals surface area (Å²) in [4.78, 5) is 17.3. The summed E-state index contributed by atoms with van der Waals surface area (Å²) in [5, 5.41) is 2.99. The molecule has 7 nitrogen and oxygen atoms in total. The number of carbonyl (C=O) groups is 1. The molecule has 2 saturated heterocycles. The van der Waals surface area contributed by atoms with E-state index in [9.17, 15) is 4.79 Å². The molecule has 3 aliphatic heterocycles. The first-order valence-electron chi connectivity index (χ1n) is 8.96. The number of para-hydroxylation sites is 1. The van der Waals surface area contributed by atoms with Crippen LogP contribution in [0.25, 0.3) is 0 Å². The minimum atomic E-state index is -0.104. The Kier molecular flexibility index (Phi) is 4.67. The maximum atomic E-state index is 12.9. The van der Waals surface area contributed by atoms with E-state index in [2.05, 4.69) is 10.2 Å². The Hall–Kier alpha value is -1.99. The number of ether oxygens (including phenoxy) is 3. The number of methoxy groups -OCH3 is 1. The quantitative estimate of drug-likeness (QED) is 0.904. The molecule has 0 spiro atoms. The van der Waals surface area contributed by atoms with Gasteiger partial charge in [0.15, 0.2) is 11.5 Å². The average molecular weight is 347 g/mol. The molecule has 3 aliphatic rings. The molecule has 4 rings (SSSR count). The number of hydrogen-bond acceptors (Lipinski definition) is 5. The second kappa shape index (κ2) is 7.09. The minimum absolute atomic E-state index is 0.0967. The highest BCUT2D eigenvalue weighted by molar-refractivity contribution is 5.92. The smallest absolute Gasteiger partial charge is 0.322 e. The number of carbonyl (C=O) groups excluding carboxylic acids is 1. The Bertz CT molecular complexity index is 633. The molecule has 1 N–H and O–H groups in total. The van der Waals surface area contributed by atoms with E-state index in [1.54, 1.807) is 7.11 Å². The molecular formula is C18H25N3O4. The van der Waals surface area contributed by atoms with Gasteiger partial charge in [0.2, 0.25) is 6.79 Å². The number of urea groups is 1. The molecule has 2 fully saturated rings. The van der Waals surface area contributed by atoms with Crippen molar-refractivity contribution in [2.75, 3.05) is 45.4 Å². The number of amides is 2. The van der Waals surface area contributed by atoms with Gasteiger partial charge in [-0.25, -0.2) is 4.79 Å². The van der Waals surface area contributed by atoms with Gasteiger partial charge < -0.3 is 29.3 Å². The van der Waals surface area contributed by atoms with E-state index in [1.807, 2.05) is 23.1 Å². The fourth-order valence-corrected chi connectivity index (χ4v) is 3.95. The van der Waals surface area contributed by atoms with E-state index < -0.39 is 0 Å². The van der Waals surface area contributed by atoms with Crippen LogP contribution in [0.2, 0.25) is 0 Å². The minimum Gasteiger partial charge on any atom is -0.454 e. The molecule has 0 aliphatic carbocycles. The number of anilines is 1. The Balaban J connectivity index is 1.46. The van der Waals surface area contributed by atoms with Gasteiger partial charge >= 0.3 is 6.03 Å². The van der Waals surface area contributed by atoms with Gasteiger partial charge in [0.1, 0.15) is 0 Å². The highest BCUT2D eigenvalue weighted by Crippen LogP contribution is 2.39. The van der Waals surface area contributed by atoms with Crippen LogP contribution in [0.3, 0.4) is 0 Å². The normalized spacial score (nSPS) is 25.6. The zero-order chi connectivity index (χ0) is 17.2. The molecule has 2 atom stereocenters. The lowest BCUT2D eigenvalue weighted by Gasteiger charge is -2.28. The van der Waals surface area contributed by atoms with Gasteiger partial charge in [0, 0.05) is 26.2 Å². The van der Waals surface area contributed by atoms with Crippen molar-refractivity contribution >= 4 is 11.7 Å². The SMILES string of the molecule is CO[C@H]1C[C@@H](CN2CCCC2)N(C(=O)Nc2cccc3c2OCO3)C1. The van der Waals surface area contributed by atoms with E-state index in [0.29, 0.717) is 23.7 Å². The molecule has 0 radical (unpaired) electrons. The third-order valence-corrected chi connectivity index (χ3v) is 5.28. The van der Waals surface area contributed by atoms with Gasteiger partial charge in [0.25, 0.3) is 0 Å². The Morgan fingerprint density at radius 1 is 1.32 bits per heavy atom. The van der Waals surface area contributed by atoms with Crippen LogP contribution in [-0.2, 0) is 4.74 Å². The van der Waals surface area contributed by atoms with Crippen molar-refractivity contribution in [1.29, 1.82) is 0 Å². The molecule has 25 heavy (non-hydrogen) atoms. The largest absolute Gasteiger partial charge is 0.454 e. The second-order valence-electron chi connectivity index (χ2n) is 6.88. The molecule has 136 valence electrons. The number of benzene rings is 1. The lowest BCUT2D eigenvalue weighted by atomic mass is 10.2. The van der Waals surface area contributed by atoms with Crippen LogP contribution in [0.4, 0.5) is 10.5 Å². The Morgan fingerprint density at radius 3 is 2.96 bits per heavy atom. The number of nitrogens with one attached hydrogen (secondary N) is 1. The van der Waals surface area contributed by atoms with Crippen LogP contribution in [0, 0.1) is 0 Å². The van der Waals surface area contributed by atoms with Crippen molar-refractivity contribution < 1.29 is 19.0 Å². The van der Waals surface area contributed by atoms with Gasteiger partial charge in [-0.15, -0.1) is 0 Å². The van der Waals surface area contributed by atoms with Crippen molar-refractivity contribution in [2.24, 2.45) is 0 Å². The summed E-state index contributed by atoms with van der Waals surface area (Å²) in [6.45, 7) is 3.98. The van der Waals surface area contributed by atoms with Gasteiger partial charge in [-0.05, 0) is 44.5 Å². The molecule has 0 unspecified atom stereocenters. The highest BCUT2D eigenvalue weighted by atomic mass is 16.7. The van der Waals surface area contributed by atoms with Crippen LogP contribution >= 0.6 is 0 Å².